The molecule has 0 saturated carbocycles. The molecule has 0 spiro atoms. The Morgan fingerprint density at radius 2 is 2.24 bits per heavy atom. The zero-order valence-corrected chi connectivity index (χ0v) is 16.0. The van der Waals surface area contributed by atoms with Crippen molar-refractivity contribution in [1.82, 2.24) is 9.78 Å². The van der Waals surface area contributed by atoms with Crippen molar-refractivity contribution in [2.24, 2.45) is 0 Å². The summed E-state index contributed by atoms with van der Waals surface area (Å²) in [6.07, 6.45) is 0. The fourth-order valence-electron chi connectivity index (χ4n) is 2.30. The Morgan fingerprint density at radius 1 is 1.48 bits per heavy atom. The van der Waals surface area contributed by atoms with E-state index in [0.29, 0.717) is 12.8 Å². The van der Waals surface area contributed by atoms with Crippen molar-refractivity contribution < 1.29 is 9.47 Å². The first-order valence-corrected chi connectivity index (χ1v) is 12.0. The van der Waals surface area contributed by atoms with Crippen LogP contribution in [0.15, 0.2) is 10.7 Å². The number of anilines is 1. The molecule has 1 aromatic rings. The highest BCUT2D eigenvalue weighted by molar-refractivity contribution is 9.10. The van der Waals surface area contributed by atoms with Crippen LogP contribution >= 0.6 is 15.9 Å². The molecule has 2 rings (SSSR count). The van der Waals surface area contributed by atoms with Gasteiger partial charge in [-0.1, -0.05) is 19.6 Å². The molecule has 1 aliphatic heterocycles. The van der Waals surface area contributed by atoms with Gasteiger partial charge in [-0.15, -0.1) is 0 Å². The lowest BCUT2D eigenvalue weighted by molar-refractivity contribution is 0.0746. The van der Waals surface area contributed by atoms with Gasteiger partial charge in [-0.3, -0.25) is 0 Å². The highest BCUT2D eigenvalue weighted by atomic mass is 79.9. The summed E-state index contributed by atoms with van der Waals surface area (Å²) in [5.74, 6) is 1.10. The van der Waals surface area contributed by atoms with Crippen molar-refractivity contribution in [3.63, 3.8) is 0 Å². The molecule has 1 aromatic heterocycles. The Hall–Kier alpha value is -0.373. The first-order chi connectivity index (χ1) is 9.87. The molecule has 0 radical (unpaired) electrons. The van der Waals surface area contributed by atoms with E-state index in [0.717, 1.165) is 36.8 Å². The van der Waals surface area contributed by atoms with Gasteiger partial charge in [-0.25, -0.2) is 4.68 Å². The number of ether oxygens (including phenoxy) is 2. The summed E-state index contributed by atoms with van der Waals surface area (Å²) in [5, 5.41) is 4.49. The number of rotatable bonds is 6. The van der Waals surface area contributed by atoms with E-state index < -0.39 is 8.07 Å². The molecule has 1 fully saturated rings. The third-order valence-electron chi connectivity index (χ3n) is 3.60. The van der Waals surface area contributed by atoms with Crippen LogP contribution in [0.2, 0.25) is 25.7 Å². The van der Waals surface area contributed by atoms with E-state index in [9.17, 15) is 0 Å². The topological polar surface area (TPSA) is 39.5 Å². The summed E-state index contributed by atoms with van der Waals surface area (Å²) in [5.41, 5.74) is 0. The number of hydrogen-bond acceptors (Lipinski definition) is 4. The quantitative estimate of drug-likeness (QED) is 0.565. The van der Waals surface area contributed by atoms with E-state index in [1.165, 1.54) is 6.04 Å². The van der Waals surface area contributed by atoms with Gasteiger partial charge in [0.2, 0.25) is 0 Å². The van der Waals surface area contributed by atoms with Crippen molar-refractivity contribution in [2.75, 3.05) is 31.3 Å². The molecule has 1 unspecified atom stereocenters. The minimum atomic E-state index is -1.04. The molecule has 0 aromatic carbocycles. The van der Waals surface area contributed by atoms with Gasteiger partial charge < -0.3 is 14.4 Å². The van der Waals surface area contributed by atoms with Crippen LogP contribution in [0, 0.1) is 0 Å². The maximum atomic E-state index is 5.83. The van der Waals surface area contributed by atoms with E-state index in [-0.39, 0.29) is 0 Å². The molecule has 21 heavy (non-hydrogen) atoms. The maximum absolute atomic E-state index is 5.83. The molecule has 1 aliphatic rings. The number of morpholine rings is 1. The van der Waals surface area contributed by atoms with Crippen LogP contribution in [0.4, 0.5) is 5.82 Å². The summed E-state index contributed by atoms with van der Waals surface area (Å²) < 4.78 is 14.1. The Bertz CT molecular complexity index is 462. The van der Waals surface area contributed by atoms with Gasteiger partial charge in [0.25, 0.3) is 0 Å². The second kappa shape index (κ2) is 7.26. The van der Waals surface area contributed by atoms with E-state index in [4.69, 9.17) is 9.47 Å². The average molecular weight is 376 g/mol. The van der Waals surface area contributed by atoms with Crippen molar-refractivity contribution in [2.45, 2.75) is 45.4 Å². The molecule has 0 bridgehead atoms. The summed E-state index contributed by atoms with van der Waals surface area (Å²) in [7, 11) is -1.04. The van der Waals surface area contributed by atoms with E-state index in [1.54, 1.807) is 0 Å². The lowest BCUT2D eigenvalue weighted by atomic mass is 10.2. The maximum Gasteiger partial charge on any atom is 0.141 e. The summed E-state index contributed by atoms with van der Waals surface area (Å²) in [4.78, 5) is 2.34. The number of hydrogen-bond donors (Lipinski definition) is 0. The summed E-state index contributed by atoms with van der Waals surface area (Å²) in [6.45, 7) is 13.0. The summed E-state index contributed by atoms with van der Waals surface area (Å²) >= 11 is 3.47. The van der Waals surface area contributed by atoms with Gasteiger partial charge in [0, 0.05) is 27.3 Å². The fraction of sp³-hybridized carbons (Fsp3) is 0.786. The first-order valence-electron chi connectivity index (χ1n) is 7.52. The lowest BCUT2D eigenvalue weighted by Crippen LogP contribution is -2.44. The Morgan fingerprint density at radius 3 is 2.90 bits per heavy atom. The van der Waals surface area contributed by atoms with E-state index in [2.05, 4.69) is 58.6 Å². The second-order valence-electron chi connectivity index (χ2n) is 6.79. The predicted octanol–water partition coefficient (Wildman–Crippen LogP) is 3.18. The smallest absolute Gasteiger partial charge is 0.141 e. The highest BCUT2D eigenvalue weighted by Crippen LogP contribution is 2.23. The van der Waals surface area contributed by atoms with Gasteiger partial charge in [0.1, 0.15) is 17.2 Å². The van der Waals surface area contributed by atoms with Crippen LogP contribution in [-0.4, -0.2) is 50.3 Å². The monoisotopic (exact) mass is 375 g/mol. The van der Waals surface area contributed by atoms with Crippen LogP contribution in [0.25, 0.3) is 0 Å². The fourth-order valence-corrected chi connectivity index (χ4v) is 3.45. The Kier molecular flexibility index (Phi) is 5.87. The minimum Gasteiger partial charge on any atom is -0.377 e. The molecule has 5 nitrogen and oxygen atoms in total. The minimum absolute atomic E-state index is 0.364. The van der Waals surface area contributed by atoms with Gasteiger partial charge in [0.15, 0.2) is 0 Å². The van der Waals surface area contributed by atoms with Crippen molar-refractivity contribution in [1.29, 1.82) is 0 Å². The third-order valence-corrected chi connectivity index (χ3v) is 5.69. The van der Waals surface area contributed by atoms with Crippen LogP contribution < -0.4 is 4.90 Å². The highest BCUT2D eigenvalue weighted by Gasteiger charge is 2.23. The first kappa shape index (κ1) is 17.0. The van der Waals surface area contributed by atoms with Gasteiger partial charge in [0.05, 0.1) is 19.3 Å². The van der Waals surface area contributed by atoms with Crippen LogP contribution in [-0.2, 0) is 16.2 Å². The predicted molar refractivity (Wildman–Crippen MR) is 91.7 cm³/mol. The van der Waals surface area contributed by atoms with Gasteiger partial charge >= 0.3 is 0 Å². The molecule has 7 heteroatoms. The molecule has 0 N–H and O–H groups in total. The molecular formula is C14H26BrN3O2Si. The molecule has 0 aliphatic carbocycles. The van der Waals surface area contributed by atoms with E-state index >= 15 is 0 Å². The molecule has 0 amide bonds. The van der Waals surface area contributed by atoms with Crippen LogP contribution in [0.5, 0.6) is 0 Å². The molecule has 120 valence electrons. The zero-order chi connectivity index (χ0) is 15.5. The average Bonchev–Trinajstić information content (AvgIpc) is 2.75. The Labute approximate surface area is 136 Å². The second-order valence-corrected chi connectivity index (χ2v) is 13.2. The van der Waals surface area contributed by atoms with Crippen LogP contribution in [0.3, 0.4) is 0 Å². The SMILES string of the molecule is CC1COCCN1c1cc(Br)nn1COCC[Si](C)(C)C. The largest absolute Gasteiger partial charge is 0.377 e. The van der Waals surface area contributed by atoms with Gasteiger partial charge in [-0.05, 0) is 28.9 Å². The zero-order valence-electron chi connectivity index (χ0n) is 13.4. The molecule has 2 heterocycles. The van der Waals surface area contributed by atoms with Crippen molar-refractivity contribution >= 4 is 29.8 Å². The lowest BCUT2D eigenvalue weighted by Gasteiger charge is -2.35. The standard InChI is InChI=1S/C14H26BrN3O2Si/c1-12-10-19-6-5-17(12)14-9-13(15)16-18(14)11-20-7-8-21(2,3)4/h9,12H,5-8,10-11H2,1-4H3. The normalized spacial score (nSPS) is 20.0. The van der Waals surface area contributed by atoms with Crippen LogP contribution in [0.1, 0.15) is 6.92 Å². The number of aromatic nitrogens is 2. The number of nitrogens with zero attached hydrogens (tertiary/aromatic N) is 3. The van der Waals surface area contributed by atoms with E-state index in [1.807, 2.05) is 4.68 Å². The molecule has 1 saturated heterocycles. The third kappa shape index (κ3) is 5.09. The number of halogens is 1. The summed E-state index contributed by atoms with van der Waals surface area (Å²) in [6, 6.07) is 3.60. The molecular weight excluding hydrogens is 350 g/mol. The molecule has 1 atom stereocenters. The van der Waals surface area contributed by atoms with Gasteiger partial charge in [-0.2, -0.15) is 5.10 Å². The Balaban J connectivity index is 1.96. The van der Waals surface area contributed by atoms with Crippen molar-refractivity contribution in [3.8, 4) is 0 Å². The van der Waals surface area contributed by atoms with Crippen molar-refractivity contribution in [3.05, 3.63) is 10.7 Å².